The van der Waals surface area contributed by atoms with E-state index in [1.54, 1.807) is 0 Å². The van der Waals surface area contributed by atoms with Crippen molar-refractivity contribution in [3.8, 4) is 0 Å². The molecule has 1 rings (SSSR count). The molecule has 4 nitrogen and oxygen atoms in total. The van der Waals surface area contributed by atoms with Gasteiger partial charge in [0.1, 0.15) is 5.82 Å². The molecule has 1 N–H and O–H groups in total. The molecule has 14 heavy (non-hydrogen) atoms. The van der Waals surface area contributed by atoms with Crippen molar-refractivity contribution in [1.29, 1.82) is 0 Å². The number of hydrogen-bond donors (Lipinski definition) is 1. The van der Waals surface area contributed by atoms with Crippen LogP contribution in [-0.4, -0.2) is 22.2 Å². The summed E-state index contributed by atoms with van der Waals surface area (Å²) in [5.74, 6) is -1.51. The largest absolute Gasteiger partial charge is 0.479 e. The molecule has 0 saturated carbocycles. The fourth-order valence-electron chi connectivity index (χ4n) is 0.827. The highest BCUT2D eigenvalue weighted by Gasteiger charge is 2.10. The minimum Gasteiger partial charge on any atom is -0.479 e. The SMILES string of the molecule is C[C@H](OCc1cncc(F)c1)C(=O)O. The number of carbonyl (C=O) groups is 1. The molecule has 0 aliphatic heterocycles. The van der Waals surface area contributed by atoms with Crippen molar-refractivity contribution in [2.24, 2.45) is 0 Å². The lowest BCUT2D eigenvalue weighted by atomic mass is 10.3. The van der Waals surface area contributed by atoms with E-state index in [1.165, 1.54) is 19.2 Å². The van der Waals surface area contributed by atoms with Gasteiger partial charge in [-0.3, -0.25) is 4.98 Å². The summed E-state index contributed by atoms with van der Waals surface area (Å²) in [6.45, 7) is 1.45. The molecule has 76 valence electrons. The summed E-state index contributed by atoms with van der Waals surface area (Å²) >= 11 is 0. The lowest BCUT2D eigenvalue weighted by molar-refractivity contribution is -0.149. The van der Waals surface area contributed by atoms with Gasteiger partial charge in [0.2, 0.25) is 0 Å². The van der Waals surface area contributed by atoms with Crippen LogP contribution in [0.5, 0.6) is 0 Å². The minimum atomic E-state index is -1.05. The molecule has 0 spiro atoms. The number of ether oxygens (including phenoxy) is 1. The molecule has 0 amide bonds. The highest BCUT2D eigenvalue weighted by atomic mass is 19.1. The minimum absolute atomic E-state index is 0.0399. The first kappa shape index (κ1) is 10.6. The van der Waals surface area contributed by atoms with Crippen LogP contribution in [0.4, 0.5) is 4.39 Å². The molecule has 0 aromatic carbocycles. The van der Waals surface area contributed by atoms with Gasteiger partial charge in [-0.05, 0) is 18.6 Å². The van der Waals surface area contributed by atoms with Crippen molar-refractivity contribution >= 4 is 5.97 Å². The van der Waals surface area contributed by atoms with Gasteiger partial charge >= 0.3 is 5.97 Å². The number of pyridine rings is 1. The van der Waals surface area contributed by atoms with E-state index in [9.17, 15) is 9.18 Å². The number of rotatable bonds is 4. The van der Waals surface area contributed by atoms with Crippen molar-refractivity contribution in [3.05, 3.63) is 29.8 Å². The van der Waals surface area contributed by atoms with Crippen LogP contribution in [0.3, 0.4) is 0 Å². The van der Waals surface area contributed by atoms with Gasteiger partial charge in [0.25, 0.3) is 0 Å². The summed E-state index contributed by atoms with van der Waals surface area (Å²) in [6, 6.07) is 1.25. The molecule has 0 radical (unpaired) electrons. The Bertz CT molecular complexity index is 330. The lowest BCUT2D eigenvalue weighted by Crippen LogP contribution is -2.19. The number of aliphatic carboxylic acids is 1. The van der Waals surface area contributed by atoms with E-state index < -0.39 is 17.9 Å². The average Bonchev–Trinajstić information content (AvgIpc) is 2.14. The standard InChI is InChI=1S/C9H10FNO3/c1-6(9(12)13)14-5-7-2-8(10)4-11-3-7/h2-4,6H,5H2,1H3,(H,12,13)/t6-/m0/s1. The molecule has 0 saturated heterocycles. The summed E-state index contributed by atoms with van der Waals surface area (Å²) < 4.78 is 17.6. The van der Waals surface area contributed by atoms with Gasteiger partial charge in [-0.15, -0.1) is 0 Å². The Labute approximate surface area is 80.3 Å². The predicted octanol–water partition coefficient (Wildman–Crippen LogP) is 1.21. The smallest absolute Gasteiger partial charge is 0.332 e. The summed E-state index contributed by atoms with van der Waals surface area (Å²) in [7, 11) is 0. The summed E-state index contributed by atoms with van der Waals surface area (Å²) in [5, 5.41) is 8.50. The number of halogens is 1. The Hall–Kier alpha value is -1.49. The number of carboxylic acid groups (broad SMARTS) is 1. The topological polar surface area (TPSA) is 59.4 Å². The van der Waals surface area contributed by atoms with E-state index in [-0.39, 0.29) is 6.61 Å². The molecule has 1 aromatic rings. The molecule has 1 aromatic heterocycles. The van der Waals surface area contributed by atoms with Crippen molar-refractivity contribution in [2.75, 3.05) is 0 Å². The van der Waals surface area contributed by atoms with Crippen LogP contribution in [0.15, 0.2) is 18.5 Å². The first-order valence-corrected chi connectivity index (χ1v) is 4.03. The van der Waals surface area contributed by atoms with Crippen LogP contribution in [0, 0.1) is 5.82 Å². The zero-order valence-corrected chi connectivity index (χ0v) is 7.61. The number of carboxylic acids is 1. The fourth-order valence-corrected chi connectivity index (χ4v) is 0.827. The molecular formula is C9H10FNO3. The molecule has 0 bridgehead atoms. The van der Waals surface area contributed by atoms with Gasteiger partial charge in [-0.2, -0.15) is 0 Å². The van der Waals surface area contributed by atoms with Crippen molar-refractivity contribution in [3.63, 3.8) is 0 Å². The quantitative estimate of drug-likeness (QED) is 0.791. The van der Waals surface area contributed by atoms with Crippen LogP contribution in [0.25, 0.3) is 0 Å². The normalized spacial score (nSPS) is 12.4. The summed E-state index contributed by atoms with van der Waals surface area (Å²) in [6.07, 6.45) is 1.60. The van der Waals surface area contributed by atoms with Gasteiger partial charge < -0.3 is 9.84 Å². The number of hydrogen-bond acceptors (Lipinski definition) is 3. The first-order chi connectivity index (χ1) is 6.59. The summed E-state index contributed by atoms with van der Waals surface area (Å²) in [5.41, 5.74) is 0.512. The van der Waals surface area contributed by atoms with E-state index in [2.05, 4.69) is 4.98 Å². The Balaban J connectivity index is 2.49. The lowest BCUT2D eigenvalue weighted by Gasteiger charge is -2.07. The van der Waals surface area contributed by atoms with Gasteiger partial charge in [0.15, 0.2) is 6.10 Å². The van der Waals surface area contributed by atoms with Crippen LogP contribution in [0.2, 0.25) is 0 Å². The molecule has 0 aliphatic rings. The van der Waals surface area contributed by atoms with Crippen molar-refractivity contribution < 1.29 is 19.0 Å². The van der Waals surface area contributed by atoms with E-state index in [0.29, 0.717) is 5.56 Å². The molecular weight excluding hydrogens is 189 g/mol. The second kappa shape index (κ2) is 4.66. The Kier molecular flexibility index (Phi) is 3.53. The molecule has 0 fully saturated rings. The molecule has 0 unspecified atom stereocenters. The third-order valence-electron chi connectivity index (χ3n) is 1.61. The Morgan fingerprint density at radius 3 is 3.00 bits per heavy atom. The maximum Gasteiger partial charge on any atom is 0.332 e. The van der Waals surface area contributed by atoms with Crippen LogP contribution in [-0.2, 0) is 16.1 Å². The van der Waals surface area contributed by atoms with Gasteiger partial charge in [-0.1, -0.05) is 0 Å². The summed E-state index contributed by atoms with van der Waals surface area (Å²) in [4.78, 5) is 14.0. The second-order valence-corrected chi connectivity index (χ2v) is 2.80. The van der Waals surface area contributed by atoms with Crippen LogP contribution < -0.4 is 0 Å². The van der Waals surface area contributed by atoms with Gasteiger partial charge in [0, 0.05) is 6.20 Å². The predicted molar refractivity (Wildman–Crippen MR) is 46.1 cm³/mol. The molecule has 1 heterocycles. The molecule has 1 atom stereocenters. The Morgan fingerprint density at radius 1 is 1.71 bits per heavy atom. The average molecular weight is 199 g/mol. The van der Waals surface area contributed by atoms with Crippen LogP contribution >= 0.6 is 0 Å². The van der Waals surface area contributed by atoms with E-state index >= 15 is 0 Å². The third kappa shape index (κ3) is 3.10. The zero-order valence-electron chi connectivity index (χ0n) is 7.61. The highest BCUT2D eigenvalue weighted by Crippen LogP contribution is 2.04. The zero-order chi connectivity index (χ0) is 10.6. The van der Waals surface area contributed by atoms with Crippen LogP contribution in [0.1, 0.15) is 12.5 Å². The maximum absolute atomic E-state index is 12.6. The van der Waals surface area contributed by atoms with Crippen molar-refractivity contribution in [1.82, 2.24) is 4.98 Å². The van der Waals surface area contributed by atoms with Gasteiger partial charge in [0.05, 0.1) is 12.8 Å². The monoisotopic (exact) mass is 199 g/mol. The number of nitrogens with zero attached hydrogens (tertiary/aromatic N) is 1. The third-order valence-corrected chi connectivity index (χ3v) is 1.61. The van der Waals surface area contributed by atoms with Gasteiger partial charge in [-0.25, -0.2) is 9.18 Å². The highest BCUT2D eigenvalue weighted by molar-refractivity contribution is 5.71. The second-order valence-electron chi connectivity index (χ2n) is 2.80. The fraction of sp³-hybridized carbons (Fsp3) is 0.333. The number of aromatic nitrogens is 1. The van der Waals surface area contributed by atoms with E-state index in [0.717, 1.165) is 6.20 Å². The Morgan fingerprint density at radius 2 is 2.43 bits per heavy atom. The molecule has 0 aliphatic carbocycles. The first-order valence-electron chi connectivity index (χ1n) is 4.03. The van der Waals surface area contributed by atoms with E-state index in [4.69, 9.17) is 9.84 Å². The maximum atomic E-state index is 12.6. The van der Waals surface area contributed by atoms with Crippen molar-refractivity contribution in [2.45, 2.75) is 19.6 Å². The van der Waals surface area contributed by atoms with E-state index in [1.807, 2.05) is 0 Å². The molecule has 5 heteroatoms.